The lowest BCUT2D eigenvalue weighted by Gasteiger charge is -2.09. The molecule has 2 heteroatoms. The molecule has 1 rings (SSSR count). The fourth-order valence-corrected chi connectivity index (χ4v) is 1.24. The number of nitrogens with one attached hydrogen (secondary N) is 2. The maximum Gasteiger partial charge on any atom is 0.0576 e. The molecule has 0 aliphatic rings. The van der Waals surface area contributed by atoms with Crippen LogP contribution in [0.15, 0.2) is 18.2 Å². The number of rotatable bonds is 3. The Kier molecular flexibility index (Phi) is 2.97. The summed E-state index contributed by atoms with van der Waals surface area (Å²) in [4.78, 5) is 0. The van der Waals surface area contributed by atoms with Gasteiger partial charge in [-0.25, -0.2) is 0 Å². The Labute approximate surface area is 74.0 Å². The van der Waals surface area contributed by atoms with Gasteiger partial charge < -0.3 is 10.6 Å². The van der Waals surface area contributed by atoms with Crippen LogP contribution in [0.3, 0.4) is 0 Å². The molecule has 2 nitrogen and oxygen atoms in total. The van der Waals surface area contributed by atoms with Gasteiger partial charge in [0.25, 0.3) is 0 Å². The molecule has 0 bridgehead atoms. The van der Waals surface area contributed by atoms with Gasteiger partial charge >= 0.3 is 0 Å². The summed E-state index contributed by atoms with van der Waals surface area (Å²) in [7, 11) is 3.87. The van der Waals surface area contributed by atoms with E-state index in [0.717, 1.165) is 17.8 Å². The molecule has 0 atom stereocenters. The molecule has 0 aliphatic heterocycles. The molecule has 0 amide bonds. The van der Waals surface area contributed by atoms with E-state index in [9.17, 15) is 0 Å². The smallest absolute Gasteiger partial charge is 0.0576 e. The summed E-state index contributed by atoms with van der Waals surface area (Å²) in [6, 6.07) is 6.42. The third kappa shape index (κ3) is 1.70. The maximum atomic E-state index is 3.16. The SMILES string of the molecule is CCc1ccc(NC)c(NC)c1. The highest BCUT2D eigenvalue weighted by atomic mass is 14.9. The van der Waals surface area contributed by atoms with Gasteiger partial charge in [0.1, 0.15) is 0 Å². The molecule has 0 spiro atoms. The minimum Gasteiger partial charge on any atom is -0.386 e. The number of aryl methyl sites for hydroxylation is 1. The van der Waals surface area contributed by atoms with Crippen molar-refractivity contribution in [3.63, 3.8) is 0 Å². The van der Waals surface area contributed by atoms with Crippen LogP contribution in [0.5, 0.6) is 0 Å². The van der Waals surface area contributed by atoms with Gasteiger partial charge in [-0.15, -0.1) is 0 Å². The molecule has 12 heavy (non-hydrogen) atoms. The first-order valence-corrected chi connectivity index (χ1v) is 4.30. The number of hydrogen-bond acceptors (Lipinski definition) is 2. The third-order valence-electron chi connectivity index (χ3n) is 2.03. The number of hydrogen-bond donors (Lipinski definition) is 2. The monoisotopic (exact) mass is 164 g/mol. The van der Waals surface area contributed by atoms with E-state index in [-0.39, 0.29) is 0 Å². The van der Waals surface area contributed by atoms with E-state index >= 15 is 0 Å². The van der Waals surface area contributed by atoms with E-state index in [1.54, 1.807) is 0 Å². The van der Waals surface area contributed by atoms with E-state index in [1.165, 1.54) is 5.56 Å². The first-order chi connectivity index (χ1) is 5.81. The van der Waals surface area contributed by atoms with Crippen LogP contribution in [0.2, 0.25) is 0 Å². The zero-order chi connectivity index (χ0) is 8.97. The second kappa shape index (κ2) is 4.00. The molecule has 0 saturated heterocycles. The Morgan fingerprint density at radius 2 is 1.75 bits per heavy atom. The molecular weight excluding hydrogens is 148 g/mol. The van der Waals surface area contributed by atoms with E-state index in [0.29, 0.717) is 0 Å². The lowest BCUT2D eigenvalue weighted by molar-refractivity contribution is 1.14. The topological polar surface area (TPSA) is 24.1 Å². The van der Waals surface area contributed by atoms with Gasteiger partial charge in [-0.2, -0.15) is 0 Å². The summed E-state index contributed by atoms with van der Waals surface area (Å²) in [5.74, 6) is 0. The number of benzene rings is 1. The van der Waals surface area contributed by atoms with E-state index in [4.69, 9.17) is 0 Å². The highest BCUT2D eigenvalue weighted by Crippen LogP contribution is 2.22. The van der Waals surface area contributed by atoms with Gasteiger partial charge in [-0.1, -0.05) is 13.0 Å². The van der Waals surface area contributed by atoms with Crippen LogP contribution in [0.25, 0.3) is 0 Å². The fourth-order valence-electron chi connectivity index (χ4n) is 1.24. The minimum atomic E-state index is 1.08. The molecule has 2 N–H and O–H groups in total. The van der Waals surface area contributed by atoms with Crippen molar-refractivity contribution in [3.05, 3.63) is 23.8 Å². The third-order valence-corrected chi connectivity index (χ3v) is 2.03. The van der Waals surface area contributed by atoms with Crippen molar-refractivity contribution in [3.8, 4) is 0 Å². The van der Waals surface area contributed by atoms with Crippen molar-refractivity contribution in [2.24, 2.45) is 0 Å². The van der Waals surface area contributed by atoms with Crippen LogP contribution in [0.1, 0.15) is 12.5 Å². The van der Waals surface area contributed by atoms with Crippen molar-refractivity contribution < 1.29 is 0 Å². The van der Waals surface area contributed by atoms with Gasteiger partial charge in [0.2, 0.25) is 0 Å². The molecule has 0 radical (unpaired) electrons. The molecule has 1 aromatic rings. The summed E-state index contributed by atoms with van der Waals surface area (Å²) in [5.41, 5.74) is 3.67. The summed E-state index contributed by atoms with van der Waals surface area (Å²) >= 11 is 0. The quantitative estimate of drug-likeness (QED) is 0.716. The predicted octanol–water partition coefficient (Wildman–Crippen LogP) is 2.33. The Morgan fingerprint density at radius 1 is 1.08 bits per heavy atom. The first-order valence-electron chi connectivity index (χ1n) is 4.30. The normalized spacial score (nSPS) is 9.58. The van der Waals surface area contributed by atoms with Gasteiger partial charge in [-0.05, 0) is 24.1 Å². The standard InChI is InChI=1S/C10H16N2/c1-4-8-5-6-9(11-2)10(7-8)12-3/h5-7,11-12H,4H2,1-3H3. The lowest BCUT2D eigenvalue weighted by atomic mass is 10.1. The van der Waals surface area contributed by atoms with Crippen LogP contribution in [0.4, 0.5) is 11.4 Å². The van der Waals surface area contributed by atoms with Crippen LogP contribution in [-0.4, -0.2) is 14.1 Å². The molecule has 0 aromatic heterocycles. The fraction of sp³-hybridized carbons (Fsp3) is 0.400. The zero-order valence-electron chi connectivity index (χ0n) is 7.94. The van der Waals surface area contributed by atoms with Crippen LogP contribution in [0, 0.1) is 0 Å². The van der Waals surface area contributed by atoms with Crippen LogP contribution >= 0.6 is 0 Å². The second-order valence-electron chi connectivity index (χ2n) is 2.73. The number of anilines is 2. The Hall–Kier alpha value is -1.18. The summed E-state index contributed by atoms with van der Waals surface area (Å²) in [6.07, 6.45) is 1.08. The first kappa shape index (κ1) is 8.91. The van der Waals surface area contributed by atoms with E-state index in [1.807, 2.05) is 14.1 Å². The van der Waals surface area contributed by atoms with Crippen molar-refractivity contribution >= 4 is 11.4 Å². The lowest BCUT2D eigenvalue weighted by Crippen LogP contribution is -1.97. The van der Waals surface area contributed by atoms with Crippen LogP contribution < -0.4 is 10.6 Å². The molecule has 66 valence electrons. The van der Waals surface area contributed by atoms with Gasteiger partial charge in [-0.3, -0.25) is 0 Å². The molecule has 0 unspecified atom stereocenters. The van der Waals surface area contributed by atoms with E-state index < -0.39 is 0 Å². The minimum absolute atomic E-state index is 1.08. The maximum absolute atomic E-state index is 3.16. The van der Waals surface area contributed by atoms with Gasteiger partial charge in [0.05, 0.1) is 11.4 Å². The van der Waals surface area contributed by atoms with Crippen LogP contribution in [-0.2, 0) is 6.42 Å². The average molecular weight is 164 g/mol. The zero-order valence-corrected chi connectivity index (χ0v) is 7.94. The highest BCUT2D eigenvalue weighted by molar-refractivity contribution is 5.69. The van der Waals surface area contributed by atoms with Gasteiger partial charge in [0.15, 0.2) is 0 Å². The van der Waals surface area contributed by atoms with Crippen molar-refractivity contribution in [2.45, 2.75) is 13.3 Å². The predicted molar refractivity (Wildman–Crippen MR) is 54.9 cm³/mol. The Bertz CT molecular complexity index is 256. The molecule has 0 saturated carbocycles. The average Bonchev–Trinajstić information content (AvgIpc) is 2.16. The second-order valence-corrected chi connectivity index (χ2v) is 2.73. The van der Waals surface area contributed by atoms with Gasteiger partial charge in [0, 0.05) is 14.1 Å². The molecule has 0 fully saturated rings. The summed E-state index contributed by atoms with van der Waals surface area (Å²) < 4.78 is 0. The summed E-state index contributed by atoms with van der Waals surface area (Å²) in [5, 5.41) is 6.29. The van der Waals surface area contributed by atoms with Crippen molar-refractivity contribution in [1.82, 2.24) is 0 Å². The molecule has 0 heterocycles. The largest absolute Gasteiger partial charge is 0.386 e. The molecule has 1 aromatic carbocycles. The van der Waals surface area contributed by atoms with E-state index in [2.05, 4.69) is 35.8 Å². The molecular formula is C10H16N2. The Balaban J connectivity index is 3.02. The van der Waals surface area contributed by atoms with Crippen molar-refractivity contribution in [2.75, 3.05) is 24.7 Å². The molecule has 0 aliphatic carbocycles. The summed E-state index contributed by atoms with van der Waals surface area (Å²) in [6.45, 7) is 2.16. The van der Waals surface area contributed by atoms with Crippen molar-refractivity contribution in [1.29, 1.82) is 0 Å². The Morgan fingerprint density at radius 3 is 2.25 bits per heavy atom. The highest BCUT2D eigenvalue weighted by Gasteiger charge is 1.98.